The summed E-state index contributed by atoms with van der Waals surface area (Å²) in [5.41, 5.74) is 7.11. The second-order valence-electron chi connectivity index (χ2n) is 10.3. The fourth-order valence-corrected chi connectivity index (χ4v) is 5.83. The van der Waals surface area contributed by atoms with Crippen molar-refractivity contribution in [2.24, 2.45) is 5.92 Å². The molecule has 6 heteroatoms. The fraction of sp³-hybridized carbons (Fsp3) is 0.433. The fourth-order valence-electron chi connectivity index (χ4n) is 5.83. The molecule has 0 saturated carbocycles. The second-order valence-corrected chi connectivity index (χ2v) is 10.3. The van der Waals surface area contributed by atoms with Crippen molar-refractivity contribution >= 4 is 11.5 Å². The smallest absolute Gasteiger partial charge is 0.136 e. The van der Waals surface area contributed by atoms with Crippen LogP contribution in [0.5, 0.6) is 0 Å². The predicted octanol–water partition coefficient (Wildman–Crippen LogP) is 4.30. The van der Waals surface area contributed by atoms with Crippen molar-refractivity contribution in [3.63, 3.8) is 0 Å². The van der Waals surface area contributed by atoms with Gasteiger partial charge in [-0.15, -0.1) is 0 Å². The van der Waals surface area contributed by atoms with Crippen molar-refractivity contribution in [2.45, 2.75) is 38.6 Å². The summed E-state index contributed by atoms with van der Waals surface area (Å²) in [6, 6.07) is 17.3. The highest BCUT2D eigenvalue weighted by atomic mass is 16.5. The second kappa shape index (κ2) is 10.5. The van der Waals surface area contributed by atoms with Gasteiger partial charge >= 0.3 is 0 Å². The van der Waals surface area contributed by atoms with Gasteiger partial charge in [0.15, 0.2) is 0 Å². The average Bonchev–Trinajstić information content (AvgIpc) is 2.93. The third-order valence-corrected chi connectivity index (χ3v) is 7.88. The van der Waals surface area contributed by atoms with Gasteiger partial charge in [-0.25, -0.2) is 9.97 Å². The summed E-state index contributed by atoms with van der Waals surface area (Å²) < 4.78 is 5.61. The molecule has 0 amide bonds. The molecule has 1 aromatic heterocycles. The number of ketones is 1. The van der Waals surface area contributed by atoms with Crippen LogP contribution in [0, 0.1) is 5.92 Å². The number of hydrogen-bond donors (Lipinski definition) is 0. The minimum absolute atomic E-state index is 0.192. The zero-order chi connectivity index (χ0) is 24.3. The Bertz CT molecular complexity index is 1230. The maximum absolute atomic E-state index is 13.0. The number of carbonyl (C=O) groups excluding carboxylic acids is 1. The molecule has 3 aromatic rings. The number of aryl methyl sites for hydroxylation is 1. The minimum Gasteiger partial charge on any atom is -0.378 e. The SMILES string of the molecule is O=C1CCc2cccc(c2)-c2ccnc(n2)Cc2ccc(N3CCOCC3)c(c2)CN2CCC1CC2. The van der Waals surface area contributed by atoms with Gasteiger partial charge in [0.25, 0.3) is 0 Å². The molecule has 2 aromatic carbocycles. The molecule has 6 nitrogen and oxygen atoms in total. The van der Waals surface area contributed by atoms with E-state index in [1.165, 1.54) is 22.4 Å². The first-order chi connectivity index (χ1) is 17.7. The van der Waals surface area contributed by atoms with Crippen molar-refractivity contribution < 1.29 is 9.53 Å². The topological polar surface area (TPSA) is 58.6 Å². The zero-order valence-electron chi connectivity index (χ0n) is 20.9. The molecule has 0 radical (unpaired) electrons. The normalized spacial score (nSPS) is 22.7. The lowest BCUT2D eigenvalue weighted by Gasteiger charge is -2.34. The van der Waals surface area contributed by atoms with Crippen LogP contribution in [0.4, 0.5) is 5.69 Å². The third kappa shape index (κ3) is 5.20. The molecule has 186 valence electrons. The number of benzene rings is 2. The number of piperidine rings is 1. The highest BCUT2D eigenvalue weighted by Gasteiger charge is 2.26. The van der Waals surface area contributed by atoms with E-state index in [-0.39, 0.29) is 5.92 Å². The van der Waals surface area contributed by atoms with Gasteiger partial charge in [0.2, 0.25) is 0 Å². The summed E-state index contributed by atoms with van der Waals surface area (Å²) in [7, 11) is 0. The first-order valence-corrected chi connectivity index (χ1v) is 13.3. The number of morpholine rings is 1. The Hall–Kier alpha value is -3.09. The van der Waals surface area contributed by atoms with E-state index in [0.29, 0.717) is 18.6 Å². The van der Waals surface area contributed by atoms with E-state index in [0.717, 1.165) is 82.3 Å². The van der Waals surface area contributed by atoms with Crippen LogP contribution in [0.2, 0.25) is 0 Å². The monoisotopic (exact) mass is 482 g/mol. The van der Waals surface area contributed by atoms with E-state index < -0.39 is 0 Å². The van der Waals surface area contributed by atoms with Gasteiger partial charge in [0, 0.05) is 55.8 Å². The van der Waals surface area contributed by atoms with E-state index >= 15 is 0 Å². The summed E-state index contributed by atoms with van der Waals surface area (Å²) in [6.45, 7) is 6.26. The van der Waals surface area contributed by atoms with E-state index in [4.69, 9.17) is 9.72 Å². The zero-order valence-corrected chi connectivity index (χ0v) is 20.9. The molecule has 0 unspecified atom stereocenters. The van der Waals surface area contributed by atoms with Crippen LogP contribution in [0.3, 0.4) is 0 Å². The maximum Gasteiger partial charge on any atom is 0.136 e. The number of Topliss-reactive ketones (excluding diaryl/α,β-unsaturated/α-hetero) is 1. The quantitative estimate of drug-likeness (QED) is 0.516. The minimum atomic E-state index is 0.192. The van der Waals surface area contributed by atoms with E-state index in [2.05, 4.69) is 57.2 Å². The van der Waals surface area contributed by atoms with Gasteiger partial charge in [0.05, 0.1) is 18.9 Å². The average molecular weight is 483 g/mol. The summed E-state index contributed by atoms with van der Waals surface area (Å²) in [5.74, 6) is 1.44. The molecule has 0 aliphatic carbocycles. The van der Waals surface area contributed by atoms with Gasteiger partial charge in [-0.05, 0) is 67.2 Å². The third-order valence-electron chi connectivity index (χ3n) is 7.88. The molecular weight excluding hydrogens is 448 g/mol. The van der Waals surface area contributed by atoms with Gasteiger partial charge in [-0.2, -0.15) is 0 Å². The van der Waals surface area contributed by atoms with Crippen LogP contribution in [0.15, 0.2) is 54.7 Å². The number of carbonyl (C=O) groups is 1. The van der Waals surface area contributed by atoms with Crippen LogP contribution in [0.25, 0.3) is 11.3 Å². The highest BCUT2D eigenvalue weighted by Crippen LogP contribution is 2.29. The summed E-state index contributed by atoms with van der Waals surface area (Å²) >= 11 is 0. The van der Waals surface area contributed by atoms with Crippen molar-refractivity contribution in [1.82, 2.24) is 14.9 Å². The molecule has 36 heavy (non-hydrogen) atoms. The lowest BCUT2D eigenvalue weighted by molar-refractivity contribution is -0.124. The number of anilines is 1. The number of hydrogen-bond acceptors (Lipinski definition) is 6. The molecule has 0 N–H and O–H groups in total. The van der Waals surface area contributed by atoms with E-state index in [9.17, 15) is 4.79 Å². The highest BCUT2D eigenvalue weighted by molar-refractivity contribution is 5.81. The van der Waals surface area contributed by atoms with Crippen molar-refractivity contribution in [3.8, 4) is 11.3 Å². The van der Waals surface area contributed by atoms with Crippen LogP contribution < -0.4 is 4.90 Å². The Balaban J connectivity index is 1.37. The Kier molecular flexibility index (Phi) is 6.79. The Morgan fingerprint density at radius 1 is 0.889 bits per heavy atom. The number of nitrogens with zero attached hydrogens (tertiary/aromatic N) is 4. The lowest BCUT2D eigenvalue weighted by Crippen LogP contribution is -2.38. The number of aromatic nitrogens is 2. The van der Waals surface area contributed by atoms with Gasteiger partial charge in [-0.1, -0.05) is 30.3 Å². The number of ether oxygens (including phenoxy) is 1. The molecule has 7 rings (SSSR count). The molecular formula is C30H34N4O2. The van der Waals surface area contributed by atoms with Gasteiger partial charge < -0.3 is 9.64 Å². The van der Waals surface area contributed by atoms with E-state index in [1.807, 2.05) is 12.3 Å². The molecule has 0 atom stereocenters. The molecule has 2 fully saturated rings. The standard InChI is InChI=1S/C30H34N4O2/c35-29-7-5-22-2-1-3-25(18-22)27-8-11-31-30(32-27)20-23-4-6-28(34-14-16-36-17-15-34)26(19-23)21-33-12-9-24(29)10-13-33/h1-4,6,8,11,18-19,24H,5,7,9-10,12-17,20-21H2. The van der Waals surface area contributed by atoms with Crippen LogP contribution in [-0.4, -0.2) is 60.0 Å². The van der Waals surface area contributed by atoms with Crippen LogP contribution in [-0.2, 0) is 28.9 Å². The first kappa shape index (κ1) is 23.3. The van der Waals surface area contributed by atoms with Gasteiger partial charge in [-0.3, -0.25) is 9.69 Å². The Labute approximate surface area is 213 Å². The summed E-state index contributed by atoms with van der Waals surface area (Å²) in [4.78, 5) is 27.5. The molecule has 0 spiro atoms. The van der Waals surface area contributed by atoms with Crippen LogP contribution >= 0.6 is 0 Å². The number of rotatable bonds is 1. The van der Waals surface area contributed by atoms with Crippen molar-refractivity contribution in [3.05, 3.63) is 77.2 Å². The molecule has 8 bridgehead atoms. The van der Waals surface area contributed by atoms with Crippen LogP contribution in [0.1, 0.15) is 41.8 Å². The lowest BCUT2D eigenvalue weighted by atomic mass is 9.89. The predicted molar refractivity (Wildman–Crippen MR) is 141 cm³/mol. The van der Waals surface area contributed by atoms with E-state index in [1.54, 1.807) is 0 Å². The molecule has 2 saturated heterocycles. The molecule has 4 aliphatic rings. The number of fused-ring (bicyclic) bond motifs is 4. The molecule has 5 heterocycles. The van der Waals surface area contributed by atoms with Crippen molar-refractivity contribution in [1.29, 1.82) is 0 Å². The largest absolute Gasteiger partial charge is 0.378 e. The first-order valence-electron chi connectivity index (χ1n) is 13.3. The Morgan fingerprint density at radius 3 is 2.61 bits per heavy atom. The molecule has 4 aliphatic heterocycles. The Morgan fingerprint density at radius 2 is 1.75 bits per heavy atom. The summed E-state index contributed by atoms with van der Waals surface area (Å²) in [6.07, 6.45) is 5.90. The maximum atomic E-state index is 13.0. The van der Waals surface area contributed by atoms with Crippen molar-refractivity contribution in [2.75, 3.05) is 44.3 Å². The summed E-state index contributed by atoms with van der Waals surface area (Å²) in [5, 5.41) is 0. The van der Waals surface area contributed by atoms with Gasteiger partial charge in [0.1, 0.15) is 11.6 Å².